The van der Waals surface area contributed by atoms with Crippen LogP contribution in [0.1, 0.15) is 44.3 Å². The standard InChI is InChI=1S/C15H25N3O3/c1-2-20-15(6-9-19-10-7-15)14-17-13(21-18-14)4-3-12-5-8-16-11-12/h12,16H,2-11H2,1H3. The molecule has 0 radical (unpaired) electrons. The van der Waals surface area contributed by atoms with Crippen LogP contribution in [0, 0.1) is 5.92 Å². The van der Waals surface area contributed by atoms with Gasteiger partial charge in [-0.05, 0) is 38.8 Å². The van der Waals surface area contributed by atoms with Gasteiger partial charge >= 0.3 is 0 Å². The van der Waals surface area contributed by atoms with E-state index in [1.54, 1.807) is 0 Å². The Bertz CT molecular complexity index is 432. The van der Waals surface area contributed by atoms with Crippen LogP contribution in [-0.4, -0.2) is 43.1 Å². The Hall–Kier alpha value is -0.980. The van der Waals surface area contributed by atoms with Gasteiger partial charge in [-0.15, -0.1) is 0 Å². The fourth-order valence-electron chi connectivity index (χ4n) is 3.24. The molecule has 118 valence electrons. The minimum atomic E-state index is -0.413. The van der Waals surface area contributed by atoms with E-state index in [4.69, 9.17) is 14.0 Å². The molecular weight excluding hydrogens is 270 g/mol. The molecule has 2 aliphatic heterocycles. The predicted octanol–water partition coefficient (Wildman–Crippen LogP) is 1.65. The maximum atomic E-state index is 5.97. The van der Waals surface area contributed by atoms with Gasteiger partial charge in [0.05, 0.1) is 0 Å². The van der Waals surface area contributed by atoms with E-state index in [0.717, 1.165) is 50.6 Å². The van der Waals surface area contributed by atoms with Crippen molar-refractivity contribution in [2.24, 2.45) is 5.92 Å². The van der Waals surface area contributed by atoms with Gasteiger partial charge in [-0.2, -0.15) is 4.98 Å². The van der Waals surface area contributed by atoms with E-state index in [-0.39, 0.29) is 0 Å². The van der Waals surface area contributed by atoms with E-state index in [2.05, 4.69) is 15.5 Å². The zero-order chi connectivity index (χ0) is 14.5. The SMILES string of the molecule is CCOC1(c2noc(CCC3CCNC3)n2)CCOCC1. The molecule has 1 N–H and O–H groups in total. The minimum Gasteiger partial charge on any atom is -0.381 e. The highest BCUT2D eigenvalue weighted by Gasteiger charge is 2.39. The average Bonchev–Trinajstić information content (AvgIpc) is 3.18. The van der Waals surface area contributed by atoms with Gasteiger partial charge in [0.1, 0.15) is 5.60 Å². The molecule has 1 unspecified atom stereocenters. The van der Waals surface area contributed by atoms with E-state index >= 15 is 0 Å². The van der Waals surface area contributed by atoms with E-state index in [0.29, 0.717) is 25.6 Å². The molecule has 0 aliphatic carbocycles. The predicted molar refractivity (Wildman–Crippen MR) is 77.0 cm³/mol. The summed E-state index contributed by atoms with van der Waals surface area (Å²) >= 11 is 0. The Morgan fingerprint density at radius 2 is 2.24 bits per heavy atom. The summed E-state index contributed by atoms with van der Waals surface area (Å²) < 4.78 is 16.9. The molecular formula is C15H25N3O3. The second-order valence-corrected chi connectivity index (χ2v) is 5.95. The number of hydrogen-bond donors (Lipinski definition) is 1. The lowest BCUT2D eigenvalue weighted by atomic mass is 9.93. The molecule has 2 saturated heterocycles. The van der Waals surface area contributed by atoms with E-state index < -0.39 is 5.60 Å². The molecule has 3 rings (SSSR count). The maximum Gasteiger partial charge on any atom is 0.226 e. The molecule has 6 nitrogen and oxygen atoms in total. The first kappa shape index (κ1) is 14.9. The van der Waals surface area contributed by atoms with Crippen molar-refractivity contribution in [3.63, 3.8) is 0 Å². The number of aryl methyl sites for hydroxylation is 1. The summed E-state index contributed by atoms with van der Waals surface area (Å²) in [7, 11) is 0. The number of rotatable bonds is 6. The summed E-state index contributed by atoms with van der Waals surface area (Å²) in [6, 6.07) is 0. The van der Waals surface area contributed by atoms with E-state index in [1.807, 2.05) is 6.92 Å². The molecule has 1 aromatic rings. The van der Waals surface area contributed by atoms with Crippen LogP contribution in [0.2, 0.25) is 0 Å². The third kappa shape index (κ3) is 3.44. The van der Waals surface area contributed by atoms with Crippen LogP contribution in [0.25, 0.3) is 0 Å². The van der Waals surface area contributed by atoms with Crippen molar-refractivity contribution < 1.29 is 14.0 Å². The van der Waals surface area contributed by atoms with Crippen molar-refractivity contribution in [1.82, 2.24) is 15.5 Å². The highest BCUT2D eigenvalue weighted by Crippen LogP contribution is 2.34. The number of nitrogens with zero attached hydrogens (tertiary/aromatic N) is 2. The Morgan fingerprint density at radius 1 is 1.38 bits per heavy atom. The molecule has 21 heavy (non-hydrogen) atoms. The smallest absolute Gasteiger partial charge is 0.226 e. The summed E-state index contributed by atoms with van der Waals surface area (Å²) in [6.07, 6.45) is 4.82. The minimum absolute atomic E-state index is 0.413. The van der Waals surface area contributed by atoms with Crippen LogP contribution < -0.4 is 5.32 Å². The van der Waals surface area contributed by atoms with Crippen molar-refractivity contribution >= 4 is 0 Å². The zero-order valence-electron chi connectivity index (χ0n) is 12.8. The molecule has 0 spiro atoms. The lowest BCUT2D eigenvalue weighted by Gasteiger charge is -2.33. The second-order valence-electron chi connectivity index (χ2n) is 5.95. The summed E-state index contributed by atoms with van der Waals surface area (Å²) in [5.41, 5.74) is -0.413. The van der Waals surface area contributed by atoms with Crippen LogP contribution in [0.4, 0.5) is 0 Å². The van der Waals surface area contributed by atoms with Gasteiger partial charge in [0, 0.05) is 39.1 Å². The van der Waals surface area contributed by atoms with Crippen molar-refractivity contribution in [3.8, 4) is 0 Å². The summed E-state index contributed by atoms with van der Waals surface area (Å²) in [5.74, 6) is 2.18. The van der Waals surface area contributed by atoms with Gasteiger partial charge in [0.25, 0.3) is 0 Å². The summed E-state index contributed by atoms with van der Waals surface area (Å²) in [6.45, 7) is 6.28. The average molecular weight is 295 g/mol. The van der Waals surface area contributed by atoms with Crippen molar-refractivity contribution in [2.45, 2.75) is 44.6 Å². The van der Waals surface area contributed by atoms with Gasteiger partial charge in [-0.3, -0.25) is 0 Å². The number of hydrogen-bond acceptors (Lipinski definition) is 6. The van der Waals surface area contributed by atoms with Gasteiger partial charge < -0.3 is 19.3 Å². The zero-order valence-corrected chi connectivity index (χ0v) is 12.8. The number of aromatic nitrogens is 2. The Kier molecular flexibility index (Phi) is 4.87. The maximum absolute atomic E-state index is 5.97. The van der Waals surface area contributed by atoms with Crippen molar-refractivity contribution in [1.29, 1.82) is 0 Å². The molecule has 0 aromatic carbocycles. The van der Waals surface area contributed by atoms with Gasteiger partial charge in [-0.25, -0.2) is 0 Å². The first-order chi connectivity index (χ1) is 10.3. The highest BCUT2D eigenvalue weighted by atomic mass is 16.5. The van der Waals surface area contributed by atoms with E-state index in [1.165, 1.54) is 6.42 Å². The molecule has 0 bridgehead atoms. The first-order valence-corrected chi connectivity index (χ1v) is 8.08. The quantitative estimate of drug-likeness (QED) is 0.860. The topological polar surface area (TPSA) is 69.4 Å². The molecule has 0 amide bonds. The molecule has 1 aromatic heterocycles. The number of nitrogens with one attached hydrogen (secondary N) is 1. The molecule has 1 atom stereocenters. The van der Waals surface area contributed by atoms with Crippen LogP contribution in [0.3, 0.4) is 0 Å². The van der Waals surface area contributed by atoms with Crippen molar-refractivity contribution in [3.05, 3.63) is 11.7 Å². The van der Waals surface area contributed by atoms with Crippen LogP contribution in [-0.2, 0) is 21.5 Å². The summed E-state index contributed by atoms with van der Waals surface area (Å²) in [5, 5.41) is 7.58. The monoisotopic (exact) mass is 295 g/mol. The van der Waals surface area contributed by atoms with Gasteiger partial charge in [0.15, 0.2) is 0 Å². The van der Waals surface area contributed by atoms with Crippen LogP contribution in [0.15, 0.2) is 4.52 Å². The Balaban J connectivity index is 1.64. The van der Waals surface area contributed by atoms with Gasteiger partial charge in [0.2, 0.25) is 11.7 Å². The highest BCUT2D eigenvalue weighted by molar-refractivity contribution is 5.03. The van der Waals surface area contributed by atoms with Gasteiger partial charge in [-0.1, -0.05) is 5.16 Å². The number of ether oxygens (including phenoxy) is 2. The lowest BCUT2D eigenvalue weighted by Crippen LogP contribution is -2.37. The molecule has 2 fully saturated rings. The molecule has 0 saturated carbocycles. The second kappa shape index (κ2) is 6.85. The fraction of sp³-hybridized carbons (Fsp3) is 0.867. The molecule has 2 aliphatic rings. The van der Waals surface area contributed by atoms with Crippen molar-refractivity contribution in [2.75, 3.05) is 32.9 Å². The lowest BCUT2D eigenvalue weighted by molar-refractivity contribution is -0.118. The van der Waals surface area contributed by atoms with Crippen LogP contribution in [0.5, 0.6) is 0 Å². The molecule has 3 heterocycles. The normalized spacial score (nSPS) is 25.3. The third-order valence-electron chi connectivity index (χ3n) is 4.53. The Labute approximate surface area is 125 Å². The summed E-state index contributed by atoms with van der Waals surface area (Å²) in [4.78, 5) is 4.61. The fourth-order valence-corrected chi connectivity index (χ4v) is 3.24. The third-order valence-corrected chi connectivity index (χ3v) is 4.53. The largest absolute Gasteiger partial charge is 0.381 e. The first-order valence-electron chi connectivity index (χ1n) is 8.08. The van der Waals surface area contributed by atoms with Crippen LogP contribution >= 0.6 is 0 Å². The molecule has 6 heteroatoms. The van der Waals surface area contributed by atoms with E-state index in [9.17, 15) is 0 Å². The Morgan fingerprint density at radius 3 is 2.95 bits per heavy atom.